The summed E-state index contributed by atoms with van der Waals surface area (Å²) < 4.78 is 5.47. The first-order valence-corrected chi connectivity index (χ1v) is 12.4. The topological polar surface area (TPSA) is 87.3 Å². The van der Waals surface area contributed by atoms with Crippen molar-refractivity contribution in [3.05, 3.63) is 118 Å². The standard InChI is InChI=1S/C29H26IN3O/c1-27(2)19-7-3-4-8-21(19)29(32,33)23-15-17(11-13-20(23)27)18-12-14-26-24(16-18)28(30,31)22-9-5-6-10-25(22)34-26/h3-16H,31-33H2,1-2H3. The second kappa shape index (κ2) is 7.15. The van der Waals surface area contributed by atoms with Crippen LogP contribution in [0.5, 0.6) is 11.5 Å². The van der Waals surface area contributed by atoms with Gasteiger partial charge in [-0.05, 0) is 57.6 Å². The minimum absolute atomic E-state index is 0.200. The highest BCUT2D eigenvalue weighted by Gasteiger charge is 2.42. The first-order chi connectivity index (χ1) is 16.1. The summed E-state index contributed by atoms with van der Waals surface area (Å²) in [6, 6.07) is 28.8. The van der Waals surface area contributed by atoms with Crippen molar-refractivity contribution in [3.63, 3.8) is 0 Å². The van der Waals surface area contributed by atoms with Gasteiger partial charge in [0.25, 0.3) is 0 Å². The molecule has 34 heavy (non-hydrogen) atoms. The molecule has 6 rings (SSSR count). The van der Waals surface area contributed by atoms with Crippen molar-refractivity contribution < 1.29 is 4.74 Å². The molecule has 0 aromatic heterocycles. The van der Waals surface area contributed by atoms with Crippen LogP contribution in [-0.2, 0) is 14.6 Å². The van der Waals surface area contributed by atoms with E-state index in [2.05, 4.69) is 72.8 Å². The Bertz CT molecular complexity index is 1470. The van der Waals surface area contributed by atoms with E-state index < -0.39 is 9.21 Å². The Hall–Kier alpha value is -2.71. The van der Waals surface area contributed by atoms with Gasteiger partial charge in [0.1, 0.15) is 20.7 Å². The monoisotopic (exact) mass is 559 g/mol. The van der Waals surface area contributed by atoms with Gasteiger partial charge in [0.15, 0.2) is 0 Å². The minimum atomic E-state index is -1.07. The molecule has 1 aliphatic heterocycles. The van der Waals surface area contributed by atoms with Crippen LogP contribution >= 0.6 is 22.6 Å². The Morgan fingerprint density at radius 2 is 1.12 bits per heavy atom. The van der Waals surface area contributed by atoms with Gasteiger partial charge in [-0.2, -0.15) is 0 Å². The Kier molecular flexibility index (Phi) is 4.58. The lowest BCUT2D eigenvalue weighted by atomic mass is 9.65. The van der Waals surface area contributed by atoms with E-state index in [0.29, 0.717) is 0 Å². The van der Waals surface area contributed by atoms with Gasteiger partial charge in [-0.25, -0.2) is 0 Å². The van der Waals surface area contributed by atoms with Gasteiger partial charge < -0.3 is 21.9 Å². The Labute approximate surface area is 213 Å². The summed E-state index contributed by atoms with van der Waals surface area (Å²) in [6.45, 7) is 4.46. The lowest BCUT2D eigenvalue weighted by Gasteiger charge is -2.43. The Morgan fingerprint density at radius 3 is 1.85 bits per heavy atom. The normalized spacial score (nSPS) is 20.9. The largest absolute Gasteiger partial charge is 0.457 e. The summed E-state index contributed by atoms with van der Waals surface area (Å²) >= 11 is 2.31. The number of fused-ring (bicyclic) bond motifs is 4. The van der Waals surface area contributed by atoms with Crippen molar-refractivity contribution in [3.8, 4) is 22.6 Å². The number of nitrogens with two attached hydrogens (primary N) is 3. The van der Waals surface area contributed by atoms with Crippen molar-refractivity contribution in [2.24, 2.45) is 17.2 Å². The average Bonchev–Trinajstić information content (AvgIpc) is 2.83. The van der Waals surface area contributed by atoms with Gasteiger partial charge in [-0.1, -0.05) is 97.1 Å². The van der Waals surface area contributed by atoms with Crippen LogP contribution in [0, 0.1) is 0 Å². The minimum Gasteiger partial charge on any atom is -0.457 e. The van der Waals surface area contributed by atoms with Gasteiger partial charge in [-0.3, -0.25) is 0 Å². The zero-order valence-electron chi connectivity index (χ0n) is 19.1. The number of alkyl halides is 1. The van der Waals surface area contributed by atoms with Crippen LogP contribution in [0.25, 0.3) is 11.1 Å². The molecule has 1 aliphatic carbocycles. The molecule has 0 spiro atoms. The lowest BCUT2D eigenvalue weighted by Crippen LogP contribution is -2.53. The predicted molar refractivity (Wildman–Crippen MR) is 145 cm³/mol. The molecule has 0 saturated carbocycles. The fourth-order valence-electron chi connectivity index (χ4n) is 5.49. The molecule has 2 aliphatic rings. The summed E-state index contributed by atoms with van der Waals surface area (Å²) in [4.78, 5) is 0. The van der Waals surface area contributed by atoms with E-state index in [4.69, 9.17) is 21.9 Å². The molecule has 0 saturated heterocycles. The third-order valence-corrected chi connectivity index (χ3v) is 8.55. The van der Waals surface area contributed by atoms with Crippen LogP contribution in [0.1, 0.15) is 47.2 Å². The number of hydrogen-bond acceptors (Lipinski definition) is 4. The van der Waals surface area contributed by atoms with Crippen molar-refractivity contribution in [2.75, 3.05) is 0 Å². The number of rotatable bonds is 1. The molecule has 6 N–H and O–H groups in total. The zero-order chi connectivity index (χ0) is 23.9. The fourth-order valence-corrected chi connectivity index (χ4v) is 6.36. The van der Waals surface area contributed by atoms with Crippen LogP contribution in [0.2, 0.25) is 0 Å². The van der Waals surface area contributed by atoms with E-state index >= 15 is 0 Å². The molecule has 4 aromatic carbocycles. The second-order valence-corrected chi connectivity index (χ2v) is 11.5. The highest BCUT2D eigenvalue weighted by atomic mass is 127. The van der Waals surface area contributed by atoms with Crippen molar-refractivity contribution >= 4 is 22.6 Å². The molecule has 4 aromatic rings. The fraction of sp³-hybridized carbons (Fsp3) is 0.172. The molecule has 1 atom stereocenters. The molecule has 1 heterocycles. The maximum atomic E-state index is 6.86. The summed E-state index contributed by atoms with van der Waals surface area (Å²) in [6.07, 6.45) is 0. The first kappa shape index (κ1) is 21.8. The second-order valence-electron chi connectivity index (χ2n) is 9.82. The maximum Gasteiger partial charge on any atom is 0.133 e. The van der Waals surface area contributed by atoms with E-state index in [1.54, 1.807) is 0 Å². The predicted octanol–water partition coefficient (Wildman–Crippen LogP) is 5.81. The first-order valence-electron chi connectivity index (χ1n) is 11.3. The molecule has 4 nitrogen and oxygen atoms in total. The van der Waals surface area contributed by atoms with Gasteiger partial charge in [0.2, 0.25) is 0 Å². The summed E-state index contributed by atoms with van der Waals surface area (Å²) in [5, 5.41) is 0. The van der Waals surface area contributed by atoms with Crippen LogP contribution in [0.15, 0.2) is 84.9 Å². The van der Waals surface area contributed by atoms with Gasteiger partial charge >= 0.3 is 0 Å². The van der Waals surface area contributed by atoms with Crippen LogP contribution < -0.4 is 21.9 Å². The summed E-state index contributed by atoms with van der Waals surface area (Å²) in [5.41, 5.74) is 27.4. The van der Waals surface area contributed by atoms with Crippen LogP contribution in [-0.4, -0.2) is 0 Å². The quantitative estimate of drug-likeness (QED) is 0.119. The Morgan fingerprint density at radius 1 is 0.588 bits per heavy atom. The summed E-state index contributed by atoms with van der Waals surface area (Å²) in [7, 11) is 0. The van der Waals surface area contributed by atoms with Crippen molar-refractivity contribution in [1.82, 2.24) is 0 Å². The SMILES string of the molecule is CC1(C)c2ccccc2C(N)(N)c2cc(-c3ccc4c(c3)C(N)(I)c3ccccc3O4)ccc21. The van der Waals surface area contributed by atoms with Gasteiger partial charge in [0, 0.05) is 16.5 Å². The third-order valence-electron chi connectivity index (χ3n) is 7.39. The third kappa shape index (κ3) is 2.94. The molecule has 0 fully saturated rings. The molecule has 1 unspecified atom stereocenters. The number of halogens is 1. The summed E-state index contributed by atoms with van der Waals surface area (Å²) in [5.74, 6) is 1.57. The van der Waals surface area contributed by atoms with Gasteiger partial charge in [0.05, 0.1) is 0 Å². The zero-order valence-corrected chi connectivity index (χ0v) is 21.3. The number of benzene rings is 4. The molecule has 0 bridgehead atoms. The van der Waals surface area contributed by atoms with E-state index in [0.717, 1.165) is 50.4 Å². The highest BCUT2D eigenvalue weighted by molar-refractivity contribution is 14.1. The molecule has 0 radical (unpaired) electrons. The van der Waals surface area contributed by atoms with E-state index in [1.165, 1.54) is 5.56 Å². The molecule has 0 amide bonds. The van der Waals surface area contributed by atoms with Crippen LogP contribution in [0.3, 0.4) is 0 Å². The Balaban J connectivity index is 1.50. The van der Waals surface area contributed by atoms with E-state index in [-0.39, 0.29) is 5.41 Å². The van der Waals surface area contributed by atoms with Crippen molar-refractivity contribution in [2.45, 2.75) is 28.5 Å². The van der Waals surface area contributed by atoms with Gasteiger partial charge in [-0.15, -0.1) is 0 Å². The molecular weight excluding hydrogens is 533 g/mol. The lowest BCUT2D eigenvalue weighted by molar-refractivity contribution is 0.444. The van der Waals surface area contributed by atoms with E-state index in [1.807, 2.05) is 48.5 Å². The van der Waals surface area contributed by atoms with Crippen LogP contribution in [0.4, 0.5) is 0 Å². The molecule has 5 heteroatoms. The van der Waals surface area contributed by atoms with E-state index in [9.17, 15) is 0 Å². The van der Waals surface area contributed by atoms with Crippen molar-refractivity contribution in [1.29, 1.82) is 0 Å². The molecular formula is C29H26IN3O. The smallest absolute Gasteiger partial charge is 0.133 e. The average molecular weight is 559 g/mol. The number of ether oxygens (including phenoxy) is 1. The number of para-hydroxylation sites is 1. The number of hydrogen-bond donors (Lipinski definition) is 3. The maximum absolute atomic E-state index is 6.86. The molecule has 170 valence electrons. The highest BCUT2D eigenvalue weighted by Crippen LogP contribution is 2.50.